The molecular formula is C22H25BrN4O3. The van der Waals surface area contributed by atoms with Gasteiger partial charge in [0.15, 0.2) is 0 Å². The quantitative estimate of drug-likeness (QED) is 0.621. The third kappa shape index (κ3) is 4.06. The first-order chi connectivity index (χ1) is 14.4. The summed E-state index contributed by atoms with van der Waals surface area (Å²) in [6, 6.07) is 9.54. The van der Waals surface area contributed by atoms with Gasteiger partial charge >= 0.3 is 0 Å². The molecule has 1 fully saturated rings. The summed E-state index contributed by atoms with van der Waals surface area (Å²) in [7, 11) is 0. The fourth-order valence-electron chi connectivity index (χ4n) is 4.00. The number of amides is 1. The largest absolute Gasteiger partial charge is 0.469 e. The van der Waals surface area contributed by atoms with Crippen LogP contribution in [-0.4, -0.2) is 44.0 Å². The smallest absolute Gasteiger partial charge is 0.233 e. The van der Waals surface area contributed by atoms with Gasteiger partial charge in [0.1, 0.15) is 17.1 Å². The van der Waals surface area contributed by atoms with Crippen LogP contribution in [-0.2, 0) is 10.4 Å². The van der Waals surface area contributed by atoms with E-state index in [1.165, 1.54) is 0 Å². The molecule has 0 aliphatic carbocycles. The Kier molecular flexibility index (Phi) is 5.79. The number of halogens is 1. The number of aliphatic hydroxyl groups is 1. The molecule has 158 valence electrons. The van der Waals surface area contributed by atoms with Crippen LogP contribution in [0.5, 0.6) is 0 Å². The number of hydrogen-bond acceptors (Lipinski definition) is 5. The van der Waals surface area contributed by atoms with Gasteiger partial charge in [-0.2, -0.15) is 0 Å². The van der Waals surface area contributed by atoms with Crippen molar-refractivity contribution in [3.05, 3.63) is 64.3 Å². The molecule has 2 aromatic heterocycles. The van der Waals surface area contributed by atoms with Crippen LogP contribution >= 0.6 is 15.9 Å². The van der Waals surface area contributed by atoms with E-state index in [0.29, 0.717) is 43.8 Å². The summed E-state index contributed by atoms with van der Waals surface area (Å²) >= 11 is 3.47. The summed E-state index contributed by atoms with van der Waals surface area (Å²) in [5.41, 5.74) is 1.40. The Morgan fingerprint density at radius 3 is 2.87 bits per heavy atom. The van der Waals surface area contributed by atoms with Gasteiger partial charge in [0.2, 0.25) is 5.91 Å². The first-order valence-corrected chi connectivity index (χ1v) is 10.9. The van der Waals surface area contributed by atoms with Crippen molar-refractivity contribution < 1.29 is 14.3 Å². The first kappa shape index (κ1) is 20.8. The Balaban J connectivity index is 1.49. The molecule has 8 heteroatoms. The van der Waals surface area contributed by atoms with Crippen molar-refractivity contribution in [2.24, 2.45) is 0 Å². The second-order valence-corrected chi connectivity index (χ2v) is 8.84. The molecule has 1 aromatic carbocycles. The van der Waals surface area contributed by atoms with Crippen LogP contribution in [0, 0.1) is 6.92 Å². The van der Waals surface area contributed by atoms with Gasteiger partial charge in [0, 0.05) is 17.6 Å². The highest BCUT2D eigenvalue weighted by molar-refractivity contribution is 9.10. The lowest BCUT2D eigenvalue weighted by Gasteiger charge is -2.25. The number of rotatable bonds is 4. The maximum atomic E-state index is 12.9. The number of aryl methyl sites for hydroxylation is 1. The molecule has 1 amide bonds. The minimum atomic E-state index is -1.11. The lowest BCUT2D eigenvalue weighted by atomic mass is 9.92. The number of carbonyl (C=O) groups is 1. The molecule has 30 heavy (non-hydrogen) atoms. The van der Waals surface area contributed by atoms with E-state index >= 15 is 0 Å². The zero-order valence-corrected chi connectivity index (χ0v) is 18.7. The van der Waals surface area contributed by atoms with E-state index in [9.17, 15) is 9.90 Å². The molecule has 0 bridgehead atoms. The summed E-state index contributed by atoms with van der Waals surface area (Å²) in [6.45, 7) is 4.92. The fraction of sp³-hybridized carbons (Fsp3) is 0.409. The molecule has 3 heterocycles. The van der Waals surface area contributed by atoms with E-state index < -0.39 is 5.60 Å². The van der Waals surface area contributed by atoms with Crippen LogP contribution < -0.4 is 0 Å². The molecule has 4 rings (SSSR count). The maximum absolute atomic E-state index is 12.9. The number of furan rings is 1. The Morgan fingerprint density at radius 1 is 1.30 bits per heavy atom. The van der Waals surface area contributed by atoms with Crippen molar-refractivity contribution in [1.82, 2.24) is 19.9 Å². The zero-order valence-electron chi connectivity index (χ0n) is 17.1. The molecule has 1 aliphatic heterocycles. The third-order valence-electron chi connectivity index (χ3n) is 5.84. The highest BCUT2D eigenvalue weighted by Crippen LogP contribution is 2.33. The van der Waals surface area contributed by atoms with Crippen molar-refractivity contribution in [1.29, 1.82) is 0 Å². The fourth-order valence-corrected chi connectivity index (χ4v) is 4.48. The van der Waals surface area contributed by atoms with Gasteiger partial charge < -0.3 is 14.4 Å². The normalized spacial score (nSPS) is 20.7. The molecule has 0 spiro atoms. The summed E-state index contributed by atoms with van der Waals surface area (Å²) in [5.74, 6) is 0.336. The highest BCUT2D eigenvalue weighted by Gasteiger charge is 2.37. The van der Waals surface area contributed by atoms with Gasteiger partial charge in [-0.05, 0) is 69.0 Å². The predicted molar refractivity (Wildman–Crippen MR) is 115 cm³/mol. The Labute approximate surface area is 183 Å². The number of likely N-dealkylation sites (tertiary alicyclic amines) is 1. The molecule has 1 aliphatic rings. The number of nitrogens with zero attached hydrogens (tertiary/aromatic N) is 4. The number of carbonyl (C=O) groups excluding carboxylic acids is 1. The van der Waals surface area contributed by atoms with E-state index in [1.807, 2.05) is 43.0 Å². The number of hydrogen-bond donors (Lipinski definition) is 1. The van der Waals surface area contributed by atoms with Crippen molar-refractivity contribution in [3.8, 4) is 5.69 Å². The Hall–Kier alpha value is -2.45. The molecule has 1 N–H and O–H groups in total. The summed E-state index contributed by atoms with van der Waals surface area (Å²) < 4.78 is 8.09. The van der Waals surface area contributed by atoms with Crippen molar-refractivity contribution in [2.45, 2.75) is 44.6 Å². The van der Waals surface area contributed by atoms with Crippen molar-refractivity contribution in [2.75, 3.05) is 13.1 Å². The standard InChI is InChI=1S/C22H25BrN4O3/c1-15-13-17(23)6-7-18(15)27-14-20(24-25-27)22(29)8-4-10-26(11-9-22)21(28)16(2)19-5-3-12-30-19/h3,5-7,12-14,16,29H,4,8-11H2,1-2H3. The van der Waals surface area contributed by atoms with E-state index in [0.717, 1.165) is 15.7 Å². The minimum absolute atomic E-state index is 0.0170. The molecule has 2 unspecified atom stereocenters. The minimum Gasteiger partial charge on any atom is -0.469 e. The average molecular weight is 473 g/mol. The number of aromatic nitrogens is 3. The SMILES string of the molecule is Cc1cc(Br)ccc1-n1cc(C2(O)CCCN(C(=O)C(C)c3ccco3)CC2)nn1. The zero-order chi connectivity index (χ0) is 21.3. The lowest BCUT2D eigenvalue weighted by Crippen LogP contribution is -2.36. The Morgan fingerprint density at radius 2 is 2.13 bits per heavy atom. The Bertz CT molecular complexity index is 1030. The number of benzene rings is 1. The molecule has 2 atom stereocenters. The van der Waals surface area contributed by atoms with Crippen LogP contribution in [0.3, 0.4) is 0 Å². The summed E-state index contributed by atoms with van der Waals surface area (Å²) in [6.07, 6.45) is 5.01. The molecule has 3 aromatic rings. The van der Waals surface area contributed by atoms with E-state index in [-0.39, 0.29) is 11.8 Å². The second kappa shape index (κ2) is 8.35. The molecule has 1 saturated heterocycles. The van der Waals surface area contributed by atoms with Crippen LogP contribution in [0.2, 0.25) is 0 Å². The monoisotopic (exact) mass is 472 g/mol. The topological polar surface area (TPSA) is 84.4 Å². The molecule has 0 radical (unpaired) electrons. The van der Waals surface area contributed by atoms with Gasteiger partial charge in [-0.25, -0.2) is 4.68 Å². The van der Waals surface area contributed by atoms with Crippen molar-refractivity contribution in [3.63, 3.8) is 0 Å². The van der Waals surface area contributed by atoms with Gasteiger partial charge in [0.05, 0.1) is 24.1 Å². The van der Waals surface area contributed by atoms with Crippen LogP contribution in [0.4, 0.5) is 0 Å². The van der Waals surface area contributed by atoms with Crippen LogP contribution in [0.25, 0.3) is 5.69 Å². The summed E-state index contributed by atoms with van der Waals surface area (Å²) in [5, 5.41) is 19.9. The van der Waals surface area contributed by atoms with Crippen LogP contribution in [0.1, 0.15) is 49.1 Å². The first-order valence-electron chi connectivity index (χ1n) is 10.1. The molecule has 0 saturated carbocycles. The molecule has 7 nitrogen and oxygen atoms in total. The lowest BCUT2D eigenvalue weighted by molar-refractivity contribution is -0.133. The van der Waals surface area contributed by atoms with Gasteiger partial charge in [-0.15, -0.1) is 5.10 Å². The van der Waals surface area contributed by atoms with Crippen LogP contribution in [0.15, 0.2) is 51.7 Å². The highest BCUT2D eigenvalue weighted by atomic mass is 79.9. The van der Waals surface area contributed by atoms with Gasteiger partial charge in [-0.3, -0.25) is 4.79 Å². The summed E-state index contributed by atoms with van der Waals surface area (Å²) in [4.78, 5) is 14.7. The molecular weight excluding hydrogens is 448 g/mol. The van der Waals surface area contributed by atoms with Gasteiger partial charge in [-0.1, -0.05) is 21.1 Å². The second-order valence-electron chi connectivity index (χ2n) is 7.93. The van der Waals surface area contributed by atoms with E-state index in [4.69, 9.17) is 4.42 Å². The van der Waals surface area contributed by atoms with Gasteiger partial charge in [0.25, 0.3) is 0 Å². The van der Waals surface area contributed by atoms with E-state index in [2.05, 4.69) is 26.2 Å². The average Bonchev–Trinajstić information content (AvgIpc) is 3.39. The van der Waals surface area contributed by atoms with Crippen molar-refractivity contribution >= 4 is 21.8 Å². The third-order valence-corrected chi connectivity index (χ3v) is 6.33. The maximum Gasteiger partial charge on any atom is 0.233 e. The van der Waals surface area contributed by atoms with E-state index in [1.54, 1.807) is 23.2 Å². The predicted octanol–water partition coefficient (Wildman–Crippen LogP) is 3.94.